The molecule has 0 saturated heterocycles. The number of nitrogens with zero attached hydrogens (tertiary/aromatic N) is 1. The van der Waals surface area contributed by atoms with Gasteiger partial charge in [-0.05, 0) is 13.3 Å². The van der Waals surface area contributed by atoms with Crippen LogP contribution in [0.25, 0.3) is 0 Å². The largest absolute Gasteiger partial charge is 0.342 e. The van der Waals surface area contributed by atoms with Crippen molar-refractivity contribution in [3.05, 3.63) is 0 Å². The van der Waals surface area contributed by atoms with Crippen LogP contribution in [0.5, 0.6) is 0 Å². The number of alkyl halides is 1. The van der Waals surface area contributed by atoms with Gasteiger partial charge < -0.3 is 4.90 Å². The Bertz CT molecular complexity index is 161. The Balaban J connectivity index is 3.62. The van der Waals surface area contributed by atoms with E-state index in [2.05, 4.69) is 6.92 Å². The van der Waals surface area contributed by atoms with Crippen molar-refractivity contribution in [2.24, 2.45) is 0 Å². The Kier molecular flexibility index (Phi) is 7.96. The van der Waals surface area contributed by atoms with Crippen LogP contribution in [0.3, 0.4) is 0 Å². The Morgan fingerprint density at radius 1 is 1.36 bits per heavy atom. The lowest BCUT2D eigenvalue weighted by molar-refractivity contribution is -0.131. The number of amides is 1. The average molecular weight is 220 g/mol. The van der Waals surface area contributed by atoms with Gasteiger partial charge in [-0.15, -0.1) is 11.6 Å². The van der Waals surface area contributed by atoms with Crippen molar-refractivity contribution in [3.63, 3.8) is 0 Å². The maximum atomic E-state index is 11.6. The second kappa shape index (κ2) is 8.10. The number of unbranched alkanes of at least 4 members (excludes halogenated alkanes) is 3. The van der Waals surface area contributed by atoms with Crippen molar-refractivity contribution in [3.8, 4) is 0 Å². The number of hydrogen-bond acceptors (Lipinski definition) is 1. The Morgan fingerprint density at radius 3 is 2.50 bits per heavy atom. The smallest absolute Gasteiger partial charge is 0.222 e. The molecular weight excluding hydrogens is 198 g/mol. The summed E-state index contributed by atoms with van der Waals surface area (Å²) in [7, 11) is 1.83. The van der Waals surface area contributed by atoms with Gasteiger partial charge in [-0.2, -0.15) is 0 Å². The fraction of sp³-hybridized carbons (Fsp3) is 0.909. The van der Waals surface area contributed by atoms with Gasteiger partial charge >= 0.3 is 0 Å². The van der Waals surface area contributed by atoms with Crippen LogP contribution in [-0.4, -0.2) is 29.8 Å². The zero-order valence-corrected chi connectivity index (χ0v) is 10.3. The fourth-order valence-corrected chi connectivity index (χ4v) is 1.44. The first-order valence-corrected chi connectivity index (χ1v) is 5.98. The molecule has 1 unspecified atom stereocenters. The molecule has 0 spiro atoms. The van der Waals surface area contributed by atoms with E-state index in [1.54, 1.807) is 4.90 Å². The van der Waals surface area contributed by atoms with E-state index in [1.807, 2.05) is 14.0 Å². The lowest BCUT2D eigenvalue weighted by atomic mass is 10.1. The summed E-state index contributed by atoms with van der Waals surface area (Å²) in [6, 6.07) is 0.148. The van der Waals surface area contributed by atoms with Gasteiger partial charge in [0.2, 0.25) is 5.91 Å². The molecule has 0 bridgehead atoms. The fourth-order valence-electron chi connectivity index (χ4n) is 1.23. The third kappa shape index (κ3) is 5.48. The molecule has 0 aromatic heterocycles. The molecule has 0 aliphatic carbocycles. The lowest BCUT2D eigenvalue weighted by Crippen LogP contribution is -2.35. The first kappa shape index (κ1) is 13.8. The molecule has 0 rings (SSSR count). The minimum absolute atomic E-state index is 0.148. The van der Waals surface area contributed by atoms with Crippen molar-refractivity contribution >= 4 is 17.5 Å². The van der Waals surface area contributed by atoms with E-state index in [-0.39, 0.29) is 11.9 Å². The van der Waals surface area contributed by atoms with Gasteiger partial charge in [0.05, 0.1) is 0 Å². The molecule has 2 nitrogen and oxygen atoms in total. The van der Waals surface area contributed by atoms with Crippen LogP contribution >= 0.6 is 11.6 Å². The zero-order chi connectivity index (χ0) is 11.0. The maximum Gasteiger partial charge on any atom is 0.222 e. The highest BCUT2D eigenvalue weighted by Gasteiger charge is 2.13. The SMILES string of the molecule is CCCCCCC(=O)N(C)C(C)CCl. The second-order valence-electron chi connectivity index (χ2n) is 3.82. The number of carbonyl (C=O) groups excluding carboxylic acids is 1. The van der Waals surface area contributed by atoms with E-state index in [0.717, 1.165) is 12.8 Å². The van der Waals surface area contributed by atoms with Gasteiger partial charge in [-0.25, -0.2) is 0 Å². The van der Waals surface area contributed by atoms with Gasteiger partial charge in [-0.1, -0.05) is 26.2 Å². The van der Waals surface area contributed by atoms with Gasteiger partial charge in [0, 0.05) is 25.4 Å². The summed E-state index contributed by atoms with van der Waals surface area (Å²) in [6.07, 6.45) is 5.26. The maximum absolute atomic E-state index is 11.6. The molecule has 0 N–H and O–H groups in total. The number of hydrogen-bond donors (Lipinski definition) is 0. The van der Waals surface area contributed by atoms with Crippen molar-refractivity contribution in [1.29, 1.82) is 0 Å². The molecule has 0 aliphatic rings. The average Bonchev–Trinajstić information content (AvgIpc) is 2.21. The summed E-state index contributed by atoms with van der Waals surface area (Å²) in [5, 5.41) is 0. The molecule has 1 atom stereocenters. The Labute approximate surface area is 92.6 Å². The van der Waals surface area contributed by atoms with E-state index >= 15 is 0 Å². The molecule has 1 amide bonds. The Morgan fingerprint density at radius 2 is 2.00 bits per heavy atom. The number of rotatable bonds is 7. The molecule has 0 fully saturated rings. The van der Waals surface area contributed by atoms with Crippen molar-refractivity contribution in [2.45, 2.75) is 52.0 Å². The highest BCUT2D eigenvalue weighted by molar-refractivity contribution is 6.18. The molecule has 14 heavy (non-hydrogen) atoms. The minimum atomic E-state index is 0.148. The predicted molar refractivity (Wildman–Crippen MR) is 61.7 cm³/mol. The molecule has 0 aromatic rings. The zero-order valence-electron chi connectivity index (χ0n) is 9.55. The van der Waals surface area contributed by atoms with Crippen molar-refractivity contribution < 1.29 is 4.79 Å². The van der Waals surface area contributed by atoms with Crippen LogP contribution in [-0.2, 0) is 4.79 Å². The van der Waals surface area contributed by atoms with E-state index in [1.165, 1.54) is 12.8 Å². The molecular formula is C11H22ClNO. The van der Waals surface area contributed by atoms with Crippen molar-refractivity contribution in [1.82, 2.24) is 4.90 Å². The third-order valence-corrected chi connectivity index (χ3v) is 2.97. The normalized spacial score (nSPS) is 12.6. The second-order valence-corrected chi connectivity index (χ2v) is 4.13. The molecule has 0 heterocycles. The summed E-state index contributed by atoms with van der Waals surface area (Å²) >= 11 is 5.68. The topological polar surface area (TPSA) is 20.3 Å². The lowest BCUT2D eigenvalue weighted by Gasteiger charge is -2.22. The molecule has 0 aromatic carbocycles. The summed E-state index contributed by atoms with van der Waals surface area (Å²) in [4.78, 5) is 13.3. The first-order valence-electron chi connectivity index (χ1n) is 5.45. The summed E-state index contributed by atoms with van der Waals surface area (Å²) in [6.45, 7) is 4.14. The monoisotopic (exact) mass is 219 g/mol. The summed E-state index contributed by atoms with van der Waals surface area (Å²) in [5.41, 5.74) is 0. The summed E-state index contributed by atoms with van der Waals surface area (Å²) < 4.78 is 0. The van der Waals surface area contributed by atoms with Gasteiger partial charge in [0.15, 0.2) is 0 Å². The highest BCUT2D eigenvalue weighted by Crippen LogP contribution is 2.07. The molecule has 3 heteroatoms. The van der Waals surface area contributed by atoms with Gasteiger partial charge in [-0.3, -0.25) is 4.79 Å². The summed E-state index contributed by atoms with van der Waals surface area (Å²) in [5.74, 6) is 0.728. The van der Waals surface area contributed by atoms with Crippen LogP contribution in [0.15, 0.2) is 0 Å². The quantitative estimate of drug-likeness (QED) is 0.476. The predicted octanol–water partition coefficient (Wildman–Crippen LogP) is 3.04. The minimum Gasteiger partial charge on any atom is -0.342 e. The molecule has 0 aliphatic heterocycles. The van der Waals surface area contributed by atoms with E-state index in [0.29, 0.717) is 12.3 Å². The molecule has 84 valence electrons. The molecule has 0 radical (unpaired) electrons. The number of carbonyl (C=O) groups is 1. The first-order chi connectivity index (χ1) is 6.63. The van der Waals surface area contributed by atoms with Gasteiger partial charge in [0.1, 0.15) is 0 Å². The van der Waals surface area contributed by atoms with E-state index in [4.69, 9.17) is 11.6 Å². The standard InChI is InChI=1S/C11H22ClNO/c1-4-5-6-7-8-11(14)13(3)10(2)9-12/h10H,4-9H2,1-3H3. The van der Waals surface area contributed by atoms with E-state index < -0.39 is 0 Å². The number of halogens is 1. The molecule has 0 saturated carbocycles. The van der Waals surface area contributed by atoms with Crippen LogP contribution < -0.4 is 0 Å². The third-order valence-electron chi connectivity index (χ3n) is 2.52. The van der Waals surface area contributed by atoms with Crippen LogP contribution in [0.1, 0.15) is 46.0 Å². The van der Waals surface area contributed by atoms with Crippen molar-refractivity contribution in [2.75, 3.05) is 12.9 Å². The highest BCUT2D eigenvalue weighted by atomic mass is 35.5. The van der Waals surface area contributed by atoms with Crippen LogP contribution in [0.2, 0.25) is 0 Å². The Hall–Kier alpha value is -0.240. The van der Waals surface area contributed by atoms with E-state index in [9.17, 15) is 4.79 Å². The van der Waals surface area contributed by atoms with Crippen LogP contribution in [0.4, 0.5) is 0 Å². The van der Waals surface area contributed by atoms with Gasteiger partial charge in [0.25, 0.3) is 0 Å². The van der Waals surface area contributed by atoms with Crippen LogP contribution in [0, 0.1) is 0 Å².